The van der Waals surface area contributed by atoms with Gasteiger partial charge in [0.05, 0.1) is 17.4 Å². The summed E-state index contributed by atoms with van der Waals surface area (Å²) in [5.74, 6) is -0.625. The lowest BCUT2D eigenvalue weighted by Crippen LogP contribution is -2.18. The van der Waals surface area contributed by atoms with Crippen LogP contribution in [0.4, 0.5) is 10.1 Å². The van der Waals surface area contributed by atoms with Crippen molar-refractivity contribution in [1.82, 2.24) is 0 Å². The van der Waals surface area contributed by atoms with Crippen molar-refractivity contribution >= 4 is 11.7 Å². The molecule has 0 aliphatic carbocycles. The number of hydrogen-bond donors (Lipinski definition) is 0. The molecule has 0 N–H and O–H groups in total. The number of esters is 1. The first-order valence-corrected chi connectivity index (χ1v) is 6.90. The van der Waals surface area contributed by atoms with Crippen LogP contribution in [0.3, 0.4) is 0 Å². The number of ether oxygens (including phenoxy) is 2. The smallest absolute Gasteiger partial charge is 0.311 e. The van der Waals surface area contributed by atoms with Gasteiger partial charge in [0.15, 0.2) is 11.6 Å². The zero-order chi connectivity index (χ0) is 16.6. The van der Waals surface area contributed by atoms with Crippen LogP contribution >= 0.6 is 0 Å². The average Bonchev–Trinajstić information content (AvgIpc) is 2.48. The molecule has 0 spiro atoms. The Bertz CT molecular complexity index is 805. The van der Waals surface area contributed by atoms with Gasteiger partial charge in [-0.15, -0.1) is 0 Å². The van der Waals surface area contributed by atoms with Crippen molar-refractivity contribution < 1.29 is 23.6 Å². The Morgan fingerprint density at radius 3 is 2.78 bits per heavy atom. The largest absolute Gasteiger partial charge is 0.454 e. The van der Waals surface area contributed by atoms with Crippen LogP contribution in [0.1, 0.15) is 24.8 Å². The van der Waals surface area contributed by atoms with Gasteiger partial charge in [0.25, 0.3) is 5.69 Å². The molecule has 1 unspecified atom stereocenters. The average molecular weight is 317 g/mol. The van der Waals surface area contributed by atoms with Crippen LogP contribution in [0.15, 0.2) is 36.4 Å². The van der Waals surface area contributed by atoms with E-state index in [4.69, 9.17) is 9.47 Å². The normalized spacial score (nSPS) is 16.4. The Hall–Kier alpha value is -2.96. The van der Waals surface area contributed by atoms with E-state index in [0.29, 0.717) is 12.2 Å². The minimum Gasteiger partial charge on any atom is -0.454 e. The summed E-state index contributed by atoms with van der Waals surface area (Å²) in [6.07, 6.45) is 0.310. The molecule has 2 aromatic rings. The molecule has 0 saturated carbocycles. The molecule has 7 heteroatoms. The Kier molecular flexibility index (Phi) is 3.69. The zero-order valence-corrected chi connectivity index (χ0v) is 12.1. The van der Waals surface area contributed by atoms with Gasteiger partial charge in [0.2, 0.25) is 0 Å². The predicted octanol–water partition coefficient (Wildman–Crippen LogP) is 3.94. The molecule has 118 valence electrons. The number of carbonyl (C=O) groups excluding carboxylic acids is 1. The number of benzene rings is 2. The highest BCUT2D eigenvalue weighted by Gasteiger charge is 2.24. The van der Waals surface area contributed by atoms with E-state index in [1.165, 1.54) is 12.1 Å². The van der Waals surface area contributed by atoms with E-state index in [2.05, 4.69) is 0 Å². The zero-order valence-electron chi connectivity index (χ0n) is 12.1. The maximum Gasteiger partial charge on any atom is 0.311 e. The minimum atomic E-state index is -0.845. The molecule has 1 aliphatic heterocycles. The summed E-state index contributed by atoms with van der Waals surface area (Å²) < 4.78 is 24.4. The molecule has 0 aromatic heterocycles. The highest BCUT2D eigenvalue weighted by molar-refractivity contribution is 5.76. The third kappa shape index (κ3) is 2.98. The molecule has 1 aliphatic rings. The molecule has 23 heavy (non-hydrogen) atoms. The lowest BCUT2D eigenvalue weighted by atomic mass is 9.95. The third-order valence-electron chi connectivity index (χ3n) is 3.57. The Balaban J connectivity index is 1.88. The van der Waals surface area contributed by atoms with Crippen molar-refractivity contribution in [3.8, 4) is 17.2 Å². The van der Waals surface area contributed by atoms with Crippen LogP contribution in [0.25, 0.3) is 0 Å². The van der Waals surface area contributed by atoms with E-state index in [-0.39, 0.29) is 29.1 Å². The van der Waals surface area contributed by atoms with Gasteiger partial charge in [0, 0.05) is 12.1 Å². The Morgan fingerprint density at radius 1 is 1.30 bits per heavy atom. The van der Waals surface area contributed by atoms with Crippen LogP contribution < -0.4 is 9.47 Å². The topological polar surface area (TPSA) is 78.7 Å². The molecule has 0 amide bonds. The second-order valence-corrected chi connectivity index (χ2v) is 5.25. The minimum absolute atomic E-state index is 0.0383. The predicted molar refractivity (Wildman–Crippen MR) is 78.2 cm³/mol. The summed E-state index contributed by atoms with van der Waals surface area (Å²) in [7, 11) is 0. The van der Waals surface area contributed by atoms with Crippen LogP contribution in [0.5, 0.6) is 17.2 Å². The van der Waals surface area contributed by atoms with Crippen molar-refractivity contribution in [3.63, 3.8) is 0 Å². The van der Waals surface area contributed by atoms with Crippen LogP contribution in [0, 0.1) is 15.9 Å². The van der Waals surface area contributed by atoms with E-state index >= 15 is 0 Å². The second kappa shape index (κ2) is 5.68. The number of fused-ring (bicyclic) bond motifs is 1. The fraction of sp³-hybridized carbons (Fsp3) is 0.188. The Labute approximate surface area is 130 Å². The SMILES string of the molecule is CC1CC(=O)Oc2cc(Oc3ccc([N+](=O)[O-])cc3F)ccc21. The lowest BCUT2D eigenvalue weighted by Gasteiger charge is -2.21. The first-order chi connectivity index (χ1) is 10.9. The van der Waals surface area contributed by atoms with Crippen molar-refractivity contribution in [2.75, 3.05) is 0 Å². The molecular formula is C16H12FNO5. The van der Waals surface area contributed by atoms with Gasteiger partial charge >= 0.3 is 5.97 Å². The summed E-state index contributed by atoms with van der Waals surface area (Å²) in [5, 5.41) is 10.6. The van der Waals surface area contributed by atoms with E-state index < -0.39 is 10.7 Å². The number of nitro benzene ring substituents is 1. The second-order valence-electron chi connectivity index (χ2n) is 5.25. The fourth-order valence-electron chi connectivity index (χ4n) is 2.41. The first kappa shape index (κ1) is 15.0. The molecule has 0 radical (unpaired) electrons. The number of halogens is 1. The number of nitrogens with zero attached hydrogens (tertiary/aromatic N) is 1. The first-order valence-electron chi connectivity index (χ1n) is 6.90. The molecule has 1 heterocycles. The van der Waals surface area contributed by atoms with E-state index in [1.807, 2.05) is 6.92 Å². The van der Waals surface area contributed by atoms with Gasteiger partial charge in [-0.2, -0.15) is 0 Å². The van der Waals surface area contributed by atoms with Crippen LogP contribution in [-0.2, 0) is 4.79 Å². The number of carbonyl (C=O) groups is 1. The highest BCUT2D eigenvalue weighted by Crippen LogP contribution is 2.38. The molecule has 6 nitrogen and oxygen atoms in total. The number of hydrogen-bond acceptors (Lipinski definition) is 5. The van der Waals surface area contributed by atoms with E-state index in [9.17, 15) is 19.3 Å². The summed E-state index contributed by atoms with van der Waals surface area (Å²) in [4.78, 5) is 21.4. The van der Waals surface area contributed by atoms with Crippen molar-refractivity contribution in [2.24, 2.45) is 0 Å². The van der Waals surface area contributed by atoms with Gasteiger partial charge in [0.1, 0.15) is 11.5 Å². The van der Waals surface area contributed by atoms with Gasteiger partial charge in [-0.3, -0.25) is 14.9 Å². The molecule has 3 rings (SSSR count). The fourth-order valence-corrected chi connectivity index (χ4v) is 2.41. The van der Waals surface area contributed by atoms with Gasteiger partial charge in [-0.1, -0.05) is 13.0 Å². The maximum atomic E-state index is 13.8. The lowest BCUT2D eigenvalue weighted by molar-refractivity contribution is -0.385. The summed E-state index contributed by atoms with van der Waals surface area (Å²) in [6, 6.07) is 8.01. The van der Waals surface area contributed by atoms with Gasteiger partial charge in [-0.25, -0.2) is 4.39 Å². The summed E-state index contributed by atoms with van der Waals surface area (Å²) >= 11 is 0. The molecule has 2 aromatic carbocycles. The number of non-ortho nitro benzene ring substituents is 1. The summed E-state index contributed by atoms with van der Waals surface area (Å²) in [6.45, 7) is 1.91. The van der Waals surface area contributed by atoms with E-state index in [0.717, 1.165) is 17.7 Å². The number of nitro groups is 1. The maximum absolute atomic E-state index is 13.8. The highest BCUT2D eigenvalue weighted by atomic mass is 19.1. The van der Waals surface area contributed by atoms with Crippen molar-refractivity contribution in [3.05, 3.63) is 57.9 Å². The summed E-state index contributed by atoms with van der Waals surface area (Å²) in [5.41, 5.74) is 0.518. The molecule has 0 bridgehead atoms. The molecular weight excluding hydrogens is 305 g/mol. The van der Waals surface area contributed by atoms with Gasteiger partial charge < -0.3 is 9.47 Å². The van der Waals surface area contributed by atoms with Crippen molar-refractivity contribution in [1.29, 1.82) is 0 Å². The third-order valence-corrected chi connectivity index (χ3v) is 3.57. The molecule has 1 atom stereocenters. The van der Waals surface area contributed by atoms with Crippen LogP contribution in [0.2, 0.25) is 0 Å². The Morgan fingerprint density at radius 2 is 2.09 bits per heavy atom. The quantitative estimate of drug-likeness (QED) is 0.371. The van der Waals surface area contributed by atoms with E-state index in [1.54, 1.807) is 12.1 Å². The standard InChI is InChI=1S/C16H12FNO5/c1-9-6-16(19)23-15-8-11(3-4-12(9)15)22-14-5-2-10(18(20)21)7-13(14)17/h2-5,7-9H,6H2,1H3. The van der Waals surface area contributed by atoms with Crippen LogP contribution in [-0.4, -0.2) is 10.9 Å². The van der Waals surface area contributed by atoms with Crippen molar-refractivity contribution in [2.45, 2.75) is 19.3 Å². The number of rotatable bonds is 3. The monoisotopic (exact) mass is 317 g/mol. The molecule has 0 fully saturated rings. The molecule has 0 saturated heterocycles. The van der Waals surface area contributed by atoms with Gasteiger partial charge in [-0.05, 0) is 23.6 Å².